The van der Waals surface area contributed by atoms with E-state index in [1.807, 2.05) is 0 Å². The highest BCUT2D eigenvalue weighted by Crippen LogP contribution is 2.26. The van der Waals surface area contributed by atoms with Crippen LogP contribution in [-0.4, -0.2) is 225 Å². The predicted molar refractivity (Wildman–Crippen MR) is 240 cm³/mol. The number of aliphatic hydroxyl groups is 2. The zero-order chi connectivity index (χ0) is 49.3. The van der Waals surface area contributed by atoms with Gasteiger partial charge in [-0.25, -0.2) is 15.7 Å². The van der Waals surface area contributed by atoms with Gasteiger partial charge in [-0.1, -0.05) is 19.8 Å². The fourth-order valence-electron chi connectivity index (χ4n) is 6.18. The van der Waals surface area contributed by atoms with Crippen LogP contribution in [0.4, 0.5) is 0 Å². The van der Waals surface area contributed by atoms with E-state index in [2.05, 4.69) is 27.4 Å². The summed E-state index contributed by atoms with van der Waals surface area (Å²) in [4.78, 5) is 59.9. The van der Waals surface area contributed by atoms with Crippen molar-refractivity contribution in [1.29, 1.82) is 0 Å². The largest absolute Gasteiger partial charge is 0.478 e. The highest BCUT2D eigenvalue weighted by atomic mass is 16.6. The molecule has 0 fully saturated rings. The molecular weight excluding hydrogens is 890 g/mol. The molecule has 0 spiro atoms. The van der Waals surface area contributed by atoms with E-state index in [0.717, 1.165) is 25.3 Å². The fourth-order valence-corrected chi connectivity index (χ4v) is 6.18. The number of nitrogens with two attached hydrogens (primary N) is 3. The van der Waals surface area contributed by atoms with Crippen LogP contribution in [0.15, 0.2) is 16.8 Å². The van der Waals surface area contributed by atoms with Gasteiger partial charge < -0.3 is 94.5 Å². The first-order chi connectivity index (χ1) is 32.4. The number of carboxylic acids is 1. The van der Waals surface area contributed by atoms with Crippen molar-refractivity contribution in [3.8, 4) is 0 Å². The lowest BCUT2D eigenvalue weighted by Gasteiger charge is -2.40. The van der Waals surface area contributed by atoms with Crippen molar-refractivity contribution in [3.05, 3.63) is 11.8 Å². The van der Waals surface area contributed by atoms with E-state index >= 15 is 0 Å². The number of ether oxygens (including phenoxy) is 10. The Bertz CT molecular complexity index is 1370. The van der Waals surface area contributed by atoms with Crippen molar-refractivity contribution in [2.45, 2.75) is 82.8 Å². The van der Waals surface area contributed by atoms with Crippen LogP contribution in [0, 0.1) is 0 Å². The number of hydrogen-bond donors (Lipinski definition) is 8. The van der Waals surface area contributed by atoms with Gasteiger partial charge in [-0.3, -0.25) is 14.4 Å². The van der Waals surface area contributed by atoms with E-state index in [1.54, 1.807) is 4.90 Å². The van der Waals surface area contributed by atoms with Crippen molar-refractivity contribution >= 4 is 29.7 Å². The standard InChI is InChI=1S/C42H79N7O18/c1-3-4-6-10-49(37(54)8-12-57-13-14-58-15-16-59-17-18-60-19-20-61-21-22-62-23-24-63-25-26-64-27-28-66-45)11-7-5-9-46-36(53)31-65-39(34(52)30-50)40-38(47-32(2)51)33(48-42(43)44)29-35(67-40)41(55)56/h29,33-34,38-40,50,52H,3-28,30-31,45H2,1-2H3,(H,46,53)(H,47,51)(H,55,56)(H4,43,44,48)/t33-,34+,38+,39+,40+/m0/s1. The van der Waals surface area contributed by atoms with Crippen LogP contribution in [0.1, 0.15) is 52.4 Å². The molecule has 1 aliphatic rings. The Morgan fingerprint density at radius 1 is 0.761 bits per heavy atom. The highest BCUT2D eigenvalue weighted by molar-refractivity contribution is 5.85. The normalized spacial score (nSPS) is 16.7. The number of hydrogen-bond acceptors (Lipinski definition) is 19. The summed E-state index contributed by atoms with van der Waals surface area (Å²) in [5, 5.41) is 35.3. The average molecular weight is 970 g/mol. The summed E-state index contributed by atoms with van der Waals surface area (Å²) in [5.41, 5.74) is 11.1. The van der Waals surface area contributed by atoms with Crippen LogP contribution in [0.25, 0.3) is 0 Å². The molecule has 1 heterocycles. The number of nitrogens with one attached hydrogen (secondary N) is 2. The smallest absolute Gasteiger partial charge is 0.370 e. The number of amides is 3. The second kappa shape index (κ2) is 41.2. The maximum atomic E-state index is 13.1. The molecule has 0 aromatic heterocycles. The Morgan fingerprint density at radius 2 is 1.24 bits per heavy atom. The van der Waals surface area contributed by atoms with Crippen molar-refractivity contribution < 1.29 is 86.7 Å². The number of nitrogens with zero attached hydrogens (tertiary/aromatic N) is 2. The van der Waals surface area contributed by atoms with Crippen LogP contribution in [0.2, 0.25) is 0 Å². The second-order valence-electron chi connectivity index (χ2n) is 14.9. The molecule has 0 unspecified atom stereocenters. The van der Waals surface area contributed by atoms with E-state index in [1.165, 1.54) is 6.92 Å². The third-order valence-electron chi connectivity index (χ3n) is 9.45. The Kier molecular flexibility index (Phi) is 37.6. The summed E-state index contributed by atoms with van der Waals surface area (Å²) in [7, 11) is 0. The van der Waals surface area contributed by atoms with Gasteiger partial charge in [0.15, 0.2) is 12.1 Å². The summed E-state index contributed by atoms with van der Waals surface area (Å²) in [6.07, 6.45) is 0.682. The molecule has 0 aromatic carbocycles. The van der Waals surface area contributed by atoms with Gasteiger partial charge in [0.25, 0.3) is 0 Å². The van der Waals surface area contributed by atoms with Crippen LogP contribution in [0.5, 0.6) is 0 Å². The van der Waals surface area contributed by atoms with E-state index in [0.29, 0.717) is 132 Å². The first-order valence-electron chi connectivity index (χ1n) is 22.8. The summed E-state index contributed by atoms with van der Waals surface area (Å²) in [6.45, 7) is 10.3. The Hall–Kier alpha value is -3.83. The molecule has 0 saturated carbocycles. The lowest BCUT2D eigenvalue weighted by molar-refractivity contribution is -0.158. The molecule has 0 bridgehead atoms. The molecule has 0 aliphatic carbocycles. The fraction of sp³-hybridized carbons (Fsp3) is 0.833. The Labute approximate surface area is 393 Å². The lowest BCUT2D eigenvalue weighted by atomic mass is 9.92. The van der Waals surface area contributed by atoms with Crippen molar-refractivity contribution in [3.63, 3.8) is 0 Å². The number of rotatable bonds is 45. The van der Waals surface area contributed by atoms with E-state index in [-0.39, 0.29) is 25.5 Å². The molecule has 1 rings (SSSR count). The zero-order valence-corrected chi connectivity index (χ0v) is 39.4. The van der Waals surface area contributed by atoms with Crippen LogP contribution < -0.4 is 28.0 Å². The number of carbonyl (C=O) groups is 4. The molecule has 0 radical (unpaired) electrons. The van der Waals surface area contributed by atoms with Crippen molar-refractivity contribution in [2.75, 3.05) is 145 Å². The molecule has 1 aliphatic heterocycles. The number of unbranched alkanes of at least 4 members (excludes halogenated alkanes) is 3. The molecule has 0 saturated heterocycles. The topological polar surface area (TPSA) is 348 Å². The van der Waals surface area contributed by atoms with E-state index in [9.17, 15) is 34.5 Å². The third kappa shape index (κ3) is 31.8. The van der Waals surface area contributed by atoms with Crippen LogP contribution >= 0.6 is 0 Å². The monoisotopic (exact) mass is 970 g/mol. The van der Waals surface area contributed by atoms with Gasteiger partial charge in [0, 0.05) is 26.6 Å². The quantitative estimate of drug-likeness (QED) is 0.0136. The molecule has 3 amide bonds. The van der Waals surface area contributed by atoms with E-state index in [4.69, 9.17) is 64.7 Å². The average Bonchev–Trinajstić information content (AvgIpc) is 3.29. The number of guanidine groups is 1. The van der Waals surface area contributed by atoms with Gasteiger partial charge in [0.1, 0.15) is 18.8 Å². The lowest BCUT2D eigenvalue weighted by Crippen LogP contribution is -2.60. The molecule has 67 heavy (non-hydrogen) atoms. The number of carboxylic acid groups (broad SMARTS) is 1. The molecule has 25 nitrogen and oxygen atoms in total. The van der Waals surface area contributed by atoms with E-state index < -0.39 is 73.1 Å². The second-order valence-corrected chi connectivity index (χ2v) is 14.9. The van der Waals surface area contributed by atoms with Crippen molar-refractivity contribution in [2.24, 2.45) is 22.4 Å². The first kappa shape index (κ1) is 61.2. The number of carbonyl (C=O) groups excluding carboxylic acids is 3. The molecule has 11 N–H and O–H groups in total. The number of aliphatic carboxylic acids is 1. The Morgan fingerprint density at radius 3 is 1.67 bits per heavy atom. The highest BCUT2D eigenvalue weighted by Gasteiger charge is 2.45. The third-order valence-corrected chi connectivity index (χ3v) is 9.45. The van der Waals surface area contributed by atoms with Crippen molar-refractivity contribution in [1.82, 2.24) is 15.5 Å². The summed E-state index contributed by atoms with van der Waals surface area (Å²) >= 11 is 0. The summed E-state index contributed by atoms with van der Waals surface area (Å²) in [6, 6.07) is -2.29. The van der Waals surface area contributed by atoms with Gasteiger partial charge in [-0.2, -0.15) is 0 Å². The molecule has 0 aromatic rings. The van der Waals surface area contributed by atoms with Crippen LogP contribution in [-0.2, 0) is 71.4 Å². The van der Waals surface area contributed by atoms with Crippen LogP contribution in [0.3, 0.4) is 0 Å². The van der Waals surface area contributed by atoms with Gasteiger partial charge in [-0.15, -0.1) is 0 Å². The first-order valence-corrected chi connectivity index (χ1v) is 22.8. The predicted octanol–water partition coefficient (Wildman–Crippen LogP) is -2.43. The van der Waals surface area contributed by atoms with Gasteiger partial charge in [-0.05, 0) is 25.3 Å². The van der Waals surface area contributed by atoms with Gasteiger partial charge >= 0.3 is 5.97 Å². The number of aliphatic hydroxyl groups excluding tert-OH is 2. The number of aliphatic imine (C=N–C) groups is 1. The molecule has 25 heteroatoms. The maximum Gasteiger partial charge on any atom is 0.370 e. The Balaban J connectivity index is 2.26. The minimum atomic E-state index is -1.66. The molecular formula is C42H79N7O18. The molecule has 390 valence electrons. The molecule has 5 atom stereocenters. The minimum Gasteiger partial charge on any atom is -0.478 e. The SMILES string of the molecule is CCCCCN(CCCCNC(=O)CO[C@@H]([C@@H]1OC(C(=O)O)=C[C@H](N=C(N)N)[C@H]1NC(C)=O)[C@H](O)CO)C(=O)CCOCCOCCOCCOCCOCCOCCOCCOCCON. The zero-order valence-electron chi connectivity index (χ0n) is 39.4. The minimum absolute atomic E-state index is 0.0317. The summed E-state index contributed by atoms with van der Waals surface area (Å²) in [5.74, 6) is 1.26. The summed E-state index contributed by atoms with van der Waals surface area (Å²) < 4.78 is 54.9. The maximum absolute atomic E-state index is 13.1. The van der Waals surface area contributed by atoms with Gasteiger partial charge in [0.2, 0.25) is 23.5 Å². The van der Waals surface area contributed by atoms with Gasteiger partial charge in [0.05, 0.1) is 137 Å².